The molecule has 8 heteroatoms. The summed E-state index contributed by atoms with van der Waals surface area (Å²) in [5, 5.41) is 14.6. The number of hydrogen-bond donors (Lipinski definition) is 1. The van der Waals surface area contributed by atoms with Gasteiger partial charge in [0.2, 0.25) is 0 Å². The van der Waals surface area contributed by atoms with Crippen LogP contribution in [0.2, 0.25) is 4.34 Å². The molecular formula is C24H17ClN2O4S. The number of halogens is 1. The molecule has 0 saturated carbocycles. The third-order valence-electron chi connectivity index (χ3n) is 5.04. The van der Waals surface area contributed by atoms with Gasteiger partial charge in [0.05, 0.1) is 15.8 Å². The fourth-order valence-electron chi connectivity index (χ4n) is 3.54. The van der Waals surface area contributed by atoms with E-state index in [1.807, 2.05) is 54.6 Å². The van der Waals surface area contributed by atoms with Crippen molar-refractivity contribution in [3.63, 3.8) is 0 Å². The van der Waals surface area contributed by atoms with E-state index in [1.54, 1.807) is 22.8 Å². The zero-order chi connectivity index (χ0) is 22.1. The Labute approximate surface area is 192 Å². The minimum Gasteiger partial charge on any atom is -0.489 e. The first-order valence-electron chi connectivity index (χ1n) is 9.81. The molecule has 0 fully saturated rings. The Morgan fingerprint density at radius 3 is 2.69 bits per heavy atom. The summed E-state index contributed by atoms with van der Waals surface area (Å²) in [6.45, 7) is 0.700. The number of aromatic carboxylic acids is 1. The van der Waals surface area contributed by atoms with Crippen molar-refractivity contribution in [3.05, 3.63) is 94.1 Å². The van der Waals surface area contributed by atoms with Crippen molar-refractivity contribution in [2.45, 2.75) is 13.2 Å². The smallest absolute Gasteiger partial charge is 0.352 e. The number of carbonyl (C=O) groups is 1. The minimum absolute atomic E-state index is 0.170. The first-order chi connectivity index (χ1) is 15.6. The first-order valence-corrected chi connectivity index (χ1v) is 11.0. The van der Waals surface area contributed by atoms with E-state index in [0.717, 1.165) is 21.3 Å². The summed E-state index contributed by atoms with van der Waals surface area (Å²) in [4.78, 5) is 12.8. The molecule has 0 unspecified atom stereocenters. The largest absolute Gasteiger partial charge is 0.489 e. The molecule has 32 heavy (non-hydrogen) atoms. The number of aromatic nitrogens is 2. The van der Waals surface area contributed by atoms with Crippen molar-refractivity contribution in [3.8, 4) is 16.4 Å². The predicted molar refractivity (Wildman–Crippen MR) is 124 cm³/mol. The van der Waals surface area contributed by atoms with Crippen LogP contribution in [-0.2, 0) is 13.2 Å². The van der Waals surface area contributed by atoms with Crippen molar-refractivity contribution in [2.24, 2.45) is 0 Å². The maximum atomic E-state index is 11.9. The van der Waals surface area contributed by atoms with E-state index in [9.17, 15) is 9.90 Å². The third-order valence-corrected chi connectivity index (χ3v) is 6.28. The molecule has 3 heterocycles. The molecule has 0 saturated heterocycles. The SMILES string of the molecule is O=C(O)c1cc2cc(OCc3ccccc3)ccc2n1Cc1cc(-c2ccc(Cl)s2)on1. The van der Waals surface area contributed by atoms with E-state index in [1.165, 1.54) is 11.3 Å². The number of fused-ring (bicyclic) bond motifs is 1. The molecule has 0 aliphatic carbocycles. The second-order valence-corrected chi connectivity index (χ2v) is 8.92. The zero-order valence-electron chi connectivity index (χ0n) is 16.7. The zero-order valence-corrected chi connectivity index (χ0v) is 18.3. The van der Waals surface area contributed by atoms with Crippen molar-refractivity contribution in [1.29, 1.82) is 0 Å². The molecule has 0 atom stereocenters. The van der Waals surface area contributed by atoms with Crippen molar-refractivity contribution in [2.75, 3.05) is 0 Å². The second-order valence-electron chi connectivity index (χ2n) is 7.20. The summed E-state index contributed by atoms with van der Waals surface area (Å²) in [5.41, 5.74) is 2.63. The molecule has 1 N–H and O–H groups in total. The van der Waals surface area contributed by atoms with E-state index < -0.39 is 5.97 Å². The van der Waals surface area contributed by atoms with Crippen molar-refractivity contribution < 1.29 is 19.2 Å². The Morgan fingerprint density at radius 2 is 1.94 bits per heavy atom. The summed E-state index contributed by atoms with van der Waals surface area (Å²) in [6, 6.07) is 22.5. The van der Waals surface area contributed by atoms with Crippen LogP contribution in [-0.4, -0.2) is 20.8 Å². The number of carboxylic acid groups (broad SMARTS) is 1. The van der Waals surface area contributed by atoms with Gasteiger partial charge in [0.25, 0.3) is 0 Å². The quantitative estimate of drug-likeness (QED) is 0.304. The van der Waals surface area contributed by atoms with Gasteiger partial charge in [0.15, 0.2) is 5.76 Å². The van der Waals surface area contributed by atoms with Crippen LogP contribution in [0.25, 0.3) is 21.5 Å². The van der Waals surface area contributed by atoms with E-state index in [2.05, 4.69) is 5.16 Å². The van der Waals surface area contributed by atoms with Gasteiger partial charge >= 0.3 is 5.97 Å². The fourth-order valence-corrected chi connectivity index (χ4v) is 4.53. The van der Waals surface area contributed by atoms with Crippen LogP contribution in [0.15, 0.2) is 77.3 Å². The van der Waals surface area contributed by atoms with Gasteiger partial charge in [-0.25, -0.2) is 4.79 Å². The number of benzene rings is 2. The molecule has 3 aromatic heterocycles. The first kappa shape index (κ1) is 20.4. The van der Waals surface area contributed by atoms with Gasteiger partial charge < -0.3 is 18.9 Å². The van der Waals surface area contributed by atoms with Gasteiger partial charge in [0.1, 0.15) is 23.7 Å². The number of thiophene rings is 1. The van der Waals surface area contributed by atoms with Crippen LogP contribution in [0.4, 0.5) is 0 Å². The van der Waals surface area contributed by atoms with Crippen LogP contribution < -0.4 is 4.74 Å². The summed E-state index contributed by atoms with van der Waals surface area (Å²) in [6.07, 6.45) is 0. The highest BCUT2D eigenvalue weighted by molar-refractivity contribution is 7.19. The van der Waals surface area contributed by atoms with Gasteiger partial charge in [-0.1, -0.05) is 47.1 Å². The molecule has 0 aliphatic heterocycles. The van der Waals surface area contributed by atoms with Crippen molar-refractivity contribution in [1.82, 2.24) is 9.72 Å². The topological polar surface area (TPSA) is 77.5 Å². The van der Waals surface area contributed by atoms with Gasteiger partial charge in [-0.05, 0) is 42.0 Å². The van der Waals surface area contributed by atoms with Crippen LogP contribution in [0, 0.1) is 0 Å². The Kier molecular flexibility index (Phi) is 5.43. The lowest BCUT2D eigenvalue weighted by molar-refractivity contribution is 0.0686. The van der Waals surface area contributed by atoms with Gasteiger partial charge in [-0.3, -0.25) is 0 Å². The Hall–Kier alpha value is -3.55. The number of rotatable bonds is 7. The maximum absolute atomic E-state index is 11.9. The summed E-state index contributed by atoms with van der Waals surface area (Å²) in [5.74, 6) is 0.261. The second kappa shape index (κ2) is 8.53. The van der Waals surface area contributed by atoms with Crippen molar-refractivity contribution >= 4 is 39.8 Å². The Morgan fingerprint density at radius 1 is 1.09 bits per heavy atom. The summed E-state index contributed by atoms with van der Waals surface area (Å²) >= 11 is 7.39. The van der Waals surface area contributed by atoms with Crippen LogP contribution in [0.1, 0.15) is 21.7 Å². The standard InChI is InChI=1S/C24H17ClN2O4S/c25-23-9-8-22(32-23)21-12-17(26-31-21)13-27-19-7-6-18(10-16(19)11-20(27)24(28)29)30-14-15-4-2-1-3-5-15/h1-12H,13-14H2,(H,28,29). The van der Waals surface area contributed by atoms with E-state index >= 15 is 0 Å². The number of hydrogen-bond acceptors (Lipinski definition) is 5. The molecule has 0 spiro atoms. The normalized spacial score (nSPS) is 11.2. The minimum atomic E-state index is -1.01. The number of carboxylic acids is 1. The van der Waals surface area contributed by atoms with Crippen LogP contribution >= 0.6 is 22.9 Å². The molecule has 0 radical (unpaired) electrons. The lowest BCUT2D eigenvalue weighted by atomic mass is 10.2. The average molecular weight is 465 g/mol. The highest BCUT2D eigenvalue weighted by Crippen LogP contribution is 2.32. The van der Waals surface area contributed by atoms with Crippen LogP contribution in [0.3, 0.4) is 0 Å². The number of nitrogens with zero attached hydrogens (tertiary/aromatic N) is 2. The van der Waals surface area contributed by atoms with Crippen LogP contribution in [0.5, 0.6) is 5.75 Å². The molecular weight excluding hydrogens is 448 g/mol. The molecule has 0 amide bonds. The number of ether oxygens (including phenoxy) is 1. The molecule has 5 rings (SSSR count). The molecule has 0 bridgehead atoms. The van der Waals surface area contributed by atoms with E-state index in [-0.39, 0.29) is 12.2 Å². The van der Waals surface area contributed by atoms with E-state index in [4.69, 9.17) is 20.9 Å². The third kappa shape index (κ3) is 4.12. The fraction of sp³-hybridized carbons (Fsp3) is 0.0833. The lowest BCUT2D eigenvalue weighted by Gasteiger charge is -2.08. The van der Waals surface area contributed by atoms with E-state index in [0.29, 0.717) is 28.1 Å². The molecule has 2 aromatic carbocycles. The van der Waals surface area contributed by atoms with Gasteiger partial charge in [0, 0.05) is 17.0 Å². The Balaban J connectivity index is 1.42. The summed E-state index contributed by atoms with van der Waals surface area (Å²) in [7, 11) is 0. The summed E-state index contributed by atoms with van der Waals surface area (Å²) < 4.78 is 13.7. The molecule has 160 valence electrons. The molecule has 5 aromatic rings. The highest BCUT2D eigenvalue weighted by Gasteiger charge is 2.18. The molecule has 6 nitrogen and oxygen atoms in total. The lowest BCUT2D eigenvalue weighted by Crippen LogP contribution is -2.09. The average Bonchev–Trinajstić information content (AvgIpc) is 3.52. The highest BCUT2D eigenvalue weighted by atomic mass is 35.5. The maximum Gasteiger partial charge on any atom is 0.352 e. The molecule has 0 aliphatic rings. The Bertz CT molecular complexity index is 1400. The monoisotopic (exact) mass is 464 g/mol. The predicted octanol–water partition coefficient (Wildman–Crippen LogP) is 6.34. The van der Waals surface area contributed by atoms with Gasteiger partial charge in [-0.15, -0.1) is 11.3 Å². The van der Waals surface area contributed by atoms with Gasteiger partial charge in [-0.2, -0.15) is 0 Å².